The fourth-order valence-corrected chi connectivity index (χ4v) is 3.19. The highest BCUT2D eigenvalue weighted by Crippen LogP contribution is 2.37. The summed E-state index contributed by atoms with van der Waals surface area (Å²) in [6.07, 6.45) is 4.03. The minimum atomic E-state index is -0.0391. The number of hydrogen-bond donors (Lipinski definition) is 1. The summed E-state index contributed by atoms with van der Waals surface area (Å²) in [4.78, 5) is 15.0. The number of para-hydroxylation sites is 1. The molecular formula is C23H20N2O2. The number of nitrogens with one attached hydrogen (secondary N) is 1. The van der Waals surface area contributed by atoms with E-state index in [-0.39, 0.29) is 5.91 Å². The van der Waals surface area contributed by atoms with Crippen molar-refractivity contribution < 1.29 is 9.53 Å². The van der Waals surface area contributed by atoms with Gasteiger partial charge in [-0.15, -0.1) is 0 Å². The Labute approximate surface area is 158 Å². The molecule has 0 fully saturated rings. The Hall–Kier alpha value is -3.53. The second-order valence-electron chi connectivity index (χ2n) is 6.28. The number of nitrogens with zero attached hydrogens (tertiary/aromatic N) is 1. The minimum Gasteiger partial charge on any atom is -0.497 e. The van der Waals surface area contributed by atoms with Crippen LogP contribution < -0.4 is 15.0 Å². The van der Waals surface area contributed by atoms with Crippen LogP contribution in [0.2, 0.25) is 0 Å². The molecule has 0 saturated heterocycles. The molecule has 0 atom stereocenters. The zero-order chi connectivity index (χ0) is 18.6. The number of benzene rings is 3. The summed E-state index contributed by atoms with van der Waals surface area (Å²) in [7, 11) is 1.63. The van der Waals surface area contributed by atoms with Crippen molar-refractivity contribution >= 4 is 29.0 Å². The normalized spacial score (nSPS) is 12.9. The quantitative estimate of drug-likeness (QED) is 0.706. The van der Waals surface area contributed by atoms with Gasteiger partial charge in [0.05, 0.1) is 29.7 Å². The van der Waals surface area contributed by atoms with Crippen LogP contribution in [0.15, 0.2) is 78.9 Å². The van der Waals surface area contributed by atoms with E-state index in [1.807, 2.05) is 84.9 Å². The number of rotatable bonds is 4. The fourth-order valence-electron chi connectivity index (χ4n) is 3.19. The zero-order valence-electron chi connectivity index (χ0n) is 15.1. The van der Waals surface area contributed by atoms with Crippen LogP contribution in [0.1, 0.15) is 15.9 Å². The second kappa shape index (κ2) is 7.38. The predicted molar refractivity (Wildman–Crippen MR) is 110 cm³/mol. The molecule has 4 nitrogen and oxygen atoms in total. The molecular weight excluding hydrogens is 336 g/mol. The van der Waals surface area contributed by atoms with Crippen LogP contribution in [0.25, 0.3) is 6.08 Å². The number of fused-ring (bicyclic) bond motifs is 2. The van der Waals surface area contributed by atoms with Gasteiger partial charge in [0.25, 0.3) is 5.91 Å². The van der Waals surface area contributed by atoms with Gasteiger partial charge in [0.2, 0.25) is 0 Å². The van der Waals surface area contributed by atoms with Crippen molar-refractivity contribution in [2.24, 2.45) is 0 Å². The summed E-state index contributed by atoms with van der Waals surface area (Å²) >= 11 is 0. The molecule has 27 heavy (non-hydrogen) atoms. The van der Waals surface area contributed by atoms with Gasteiger partial charge in [0, 0.05) is 12.6 Å². The van der Waals surface area contributed by atoms with Crippen molar-refractivity contribution in [2.45, 2.75) is 0 Å². The summed E-state index contributed by atoms with van der Waals surface area (Å²) in [5.74, 6) is 0.675. The van der Waals surface area contributed by atoms with Crippen LogP contribution in [-0.2, 0) is 0 Å². The molecule has 4 rings (SSSR count). The van der Waals surface area contributed by atoms with Gasteiger partial charge in [0.15, 0.2) is 0 Å². The molecule has 0 aromatic heterocycles. The number of carbonyl (C=O) groups excluding carboxylic acids is 1. The maximum absolute atomic E-state index is 13.3. The smallest absolute Gasteiger partial charge is 0.260 e. The summed E-state index contributed by atoms with van der Waals surface area (Å²) in [6, 6.07) is 23.4. The lowest BCUT2D eigenvalue weighted by molar-refractivity contribution is 0.0991. The largest absolute Gasteiger partial charge is 0.497 e. The van der Waals surface area contributed by atoms with E-state index >= 15 is 0 Å². The Balaban J connectivity index is 1.73. The third kappa shape index (κ3) is 3.42. The predicted octanol–water partition coefficient (Wildman–Crippen LogP) is 5.11. The first-order valence-electron chi connectivity index (χ1n) is 8.84. The van der Waals surface area contributed by atoms with Crippen molar-refractivity contribution in [3.05, 3.63) is 90.0 Å². The van der Waals surface area contributed by atoms with E-state index in [0.29, 0.717) is 17.9 Å². The fraction of sp³-hybridized carbons (Fsp3) is 0.0870. The molecule has 1 amide bonds. The lowest BCUT2D eigenvalue weighted by atomic mass is 10.1. The van der Waals surface area contributed by atoms with Gasteiger partial charge in [-0.25, -0.2) is 0 Å². The van der Waals surface area contributed by atoms with Gasteiger partial charge in [-0.2, -0.15) is 0 Å². The Kier molecular flexibility index (Phi) is 4.62. The summed E-state index contributed by atoms with van der Waals surface area (Å²) in [5, 5.41) is 3.38. The van der Waals surface area contributed by atoms with Crippen LogP contribution in [0.3, 0.4) is 0 Å². The first kappa shape index (κ1) is 16.9. The van der Waals surface area contributed by atoms with Gasteiger partial charge >= 0.3 is 0 Å². The highest BCUT2D eigenvalue weighted by atomic mass is 16.5. The van der Waals surface area contributed by atoms with Crippen molar-refractivity contribution in [2.75, 3.05) is 23.9 Å². The van der Waals surface area contributed by atoms with Crippen LogP contribution in [0.4, 0.5) is 17.1 Å². The molecule has 3 aromatic rings. The van der Waals surface area contributed by atoms with Crippen LogP contribution in [-0.4, -0.2) is 19.6 Å². The topological polar surface area (TPSA) is 41.6 Å². The Bertz CT molecular complexity index is 996. The van der Waals surface area contributed by atoms with Crippen LogP contribution in [0.5, 0.6) is 5.75 Å². The minimum absolute atomic E-state index is 0.0391. The second-order valence-corrected chi connectivity index (χ2v) is 6.28. The first-order valence-corrected chi connectivity index (χ1v) is 8.84. The van der Waals surface area contributed by atoms with E-state index in [1.165, 1.54) is 0 Å². The third-order valence-corrected chi connectivity index (χ3v) is 4.57. The average molecular weight is 356 g/mol. The molecule has 1 aliphatic heterocycles. The lowest BCUT2D eigenvalue weighted by Crippen LogP contribution is -2.30. The molecule has 0 spiro atoms. The molecule has 0 radical (unpaired) electrons. The van der Waals surface area contributed by atoms with Crippen molar-refractivity contribution in [1.29, 1.82) is 0 Å². The molecule has 1 N–H and O–H groups in total. The number of hydrogen-bond acceptors (Lipinski definition) is 3. The van der Waals surface area contributed by atoms with Gasteiger partial charge < -0.3 is 15.0 Å². The highest BCUT2D eigenvalue weighted by Gasteiger charge is 2.26. The van der Waals surface area contributed by atoms with Gasteiger partial charge in [-0.05, 0) is 29.8 Å². The molecule has 3 aromatic carbocycles. The molecule has 0 saturated carbocycles. The van der Waals surface area contributed by atoms with Crippen molar-refractivity contribution in [1.82, 2.24) is 0 Å². The summed E-state index contributed by atoms with van der Waals surface area (Å²) < 4.78 is 5.37. The Morgan fingerprint density at radius 3 is 2.56 bits per heavy atom. The van der Waals surface area contributed by atoms with Gasteiger partial charge in [0.1, 0.15) is 5.75 Å². The molecule has 1 aliphatic rings. The number of anilines is 3. The van der Waals surface area contributed by atoms with Gasteiger partial charge in [-0.1, -0.05) is 54.6 Å². The number of methoxy groups -OCH3 is 1. The maximum atomic E-state index is 13.3. The van der Waals surface area contributed by atoms with Crippen LogP contribution >= 0.6 is 0 Å². The SMILES string of the molecule is COc1ccc2c(c1)N(C/C=C/c1ccccc1)C(=O)c1ccccc1N2. The number of amides is 1. The molecule has 134 valence electrons. The molecule has 1 heterocycles. The van der Waals surface area contributed by atoms with E-state index in [0.717, 1.165) is 22.6 Å². The Morgan fingerprint density at radius 1 is 0.963 bits per heavy atom. The molecule has 4 heteroatoms. The zero-order valence-corrected chi connectivity index (χ0v) is 15.1. The number of carbonyl (C=O) groups is 1. The molecule has 0 bridgehead atoms. The van der Waals surface area contributed by atoms with E-state index in [1.54, 1.807) is 12.0 Å². The molecule has 0 unspecified atom stereocenters. The summed E-state index contributed by atoms with van der Waals surface area (Å²) in [6.45, 7) is 0.462. The standard InChI is InChI=1S/C23H20N2O2/c1-27-18-13-14-21-22(16-18)25(15-7-10-17-8-3-2-4-9-17)23(26)19-11-5-6-12-20(19)24-21/h2-14,16,24H,15H2,1H3/b10-7+. The maximum Gasteiger partial charge on any atom is 0.260 e. The van der Waals surface area contributed by atoms with Crippen molar-refractivity contribution in [3.63, 3.8) is 0 Å². The third-order valence-electron chi connectivity index (χ3n) is 4.57. The van der Waals surface area contributed by atoms with E-state index in [9.17, 15) is 4.79 Å². The first-order chi connectivity index (χ1) is 13.3. The average Bonchev–Trinajstić information content (AvgIpc) is 2.83. The molecule has 0 aliphatic carbocycles. The van der Waals surface area contributed by atoms with Gasteiger partial charge in [-0.3, -0.25) is 4.79 Å². The van der Waals surface area contributed by atoms with E-state index in [4.69, 9.17) is 4.74 Å². The van der Waals surface area contributed by atoms with E-state index in [2.05, 4.69) is 5.32 Å². The highest BCUT2D eigenvalue weighted by molar-refractivity contribution is 6.13. The lowest BCUT2D eigenvalue weighted by Gasteiger charge is -2.22. The van der Waals surface area contributed by atoms with Crippen LogP contribution in [0, 0.1) is 0 Å². The monoisotopic (exact) mass is 356 g/mol. The summed E-state index contributed by atoms with van der Waals surface area (Å²) in [5.41, 5.74) is 4.24. The van der Waals surface area contributed by atoms with Crippen molar-refractivity contribution in [3.8, 4) is 5.75 Å². The number of ether oxygens (including phenoxy) is 1. The van der Waals surface area contributed by atoms with E-state index < -0.39 is 0 Å². The Morgan fingerprint density at radius 2 is 1.74 bits per heavy atom.